The molecule has 1 aliphatic carbocycles. The van der Waals surface area contributed by atoms with Gasteiger partial charge in [0.25, 0.3) is 0 Å². The Hall–Kier alpha value is -3.54. The van der Waals surface area contributed by atoms with E-state index in [1.807, 2.05) is 18.2 Å². The van der Waals surface area contributed by atoms with E-state index in [2.05, 4.69) is 32.0 Å². The van der Waals surface area contributed by atoms with Gasteiger partial charge in [0.1, 0.15) is 18.3 Å². The first kappa shape index (κ1) is 19.8. The molecular formula is C21H22FN7O. The second-order valence-electron chi connectivity index (χ2n) is 7.75. The van der Waals surface area contributed by atoms with Crippen molar-refractivity contribution in [2.45, 2.75) is 50.4 Å². The standard InChI is InChI=1S/C21H22FN7O/c1-12(22)17-15-18(25-11-26-19(15)28-20(30)27-17)16(24)13-5-2-3-6-14(13)29-21(9-10-23)7-4-8-21/h2-3,5-6,11-12,17,24,29H,4,7-9H2,1H3,(H2,25,26,27,28,30). The van der Waals surface area contributed by atoms with Crippen LogP contribution in [0.25, 0.3) is 0 Å². The number of hydrogen-bond acceptors (Lipinski definition) is 6. The normalized spacial score (nSPS) is 19.9. The molecule has 2 amide bonds. The van der Waals surface area contributed by atoms with E-state index in [1.165, 1.54) is 13.3 Å². The van der Waals surface area contributed by atoms with E-state index in [4.69, 9.17) is 5.41 Å². The third kappa shape index (κ3) is 3.45. The quantitative estimate of drug-likeness (QED) is 0.544. The lowest BCUT2D eigenvalue weighted by atomic mass is 9.74. The van der Waals surface area contributed by atoms with Crippen LogP contribution in [0.1, 0.15) is 55.5 Å². The number of carbonyl (C=O) groups excluding carboxylic acids is 1. The molecule has 9 heteroatoms. The van der Waals surface area contributed by atoms with Gasteiger partial charge in [-0.15, -0.1) is 0 Å². The van der Waals surface area contributed by atoms with E-state index >= 15 is 0 Å². The molecule has 2 atom stereocenters. The number of para-hydroxylation sites is 1. The van der Waals surface area contributed by atoms with Crippen LogP contribution in [0.5, 0.6) is 0 Å². The van der Waals surface area contributed by atoms with Crippen molar-refractivity contribution in [3.8, 4) is 6.07 Å². The maximum Gasteiger partial charge on any atom is 0.321 e. The van der Waals surface area contributed by atoms with Gasteiger partial charge in [0, 0.05) is 16.8 Å². The monoisotopic (exact) mass is 407 g/mol. The van der Waals surface area contributed by atoms with Crippen LogP contribution in [-0.2, 0) is 0 Å². The van der Waals surface area contributed by atoms with Crippen molar-refractivity contribution in [3.05, 3.63) is 47.4 Å². The van der Waals surface area contributed by atoms with Crippen LogP contribution in [0.15, 0.2) is 30.6 Å². The number of benzene rings is 1. The summed E-state index contributed by atoms with van der Waals surface area (Å²) in [4.78, 5) is 20.2. The molecule has 2 heterocycles. The molecule has 0 spiro atoms. The number of halogens is 1. The van der Waals surface area contributed by atoms with Crippen molar-refractivity contribution in [1.82, 2.24) is 15.3 Å². The lowest BCUT2D eigenvalue weighted by Gasteiger charge is -2.42. The summed E-state index contributed by atoms with van der Waals surface area (Å²) in [7, 11) is 0. The molecule has 1 fully saturated rings. The Morgan fingerprint density at radius 3 is 2.87 bits per heavy atom. The molecule has 154 valence electrons. The number of anilines is 2. The molecular weight excluding hydrogens is 385 g/mol. The lowest BCUT2D eigenvalue weighted by Crippen LogP contribution is -2.45. The number of urea groups is 1. The number of amides is 2. The summed E-state index contributed by atoms with van der Waals surface area (Å²) in [6.07, 6.45) is 3.08. The van der Waals surface area contributed by atoms with Crippen LogP contribution in [-0.4, -0.2) is 33.4 Å². The third-order valence-electron chi connectivity index (χ3n) is 5.73. The molecule has 4 rings (SSSR count). The summed E-state index contributed by atoms with van der Waals surface area (Å²) in [6, 6.07) is 8.08. The molecule has 2 aliphatic rings. The van der Waals surface area contributed by atoms with Gasteiger partial charge in [0.15, 0.2) is 0 Å². The second kappa shape index (κ2) is 7.71. The molecule has 1 aromatic carbocycles. The van der Waals surface area contributed by atoms with Gasteiger partial charge in [0.2, 0.25) is 0 Å². The van der Waals surface area contributed by atoms with Crippen molar-refractivity contribution in [1.29, 1.82) is 10.7 Å². The lowest BCUT2D eigenvalue weighted by molar-refractivity contribution is 0.229. The molecule has 1 aliphatic heterocycles. The van der Waals surface area contributed by atoms with Crippen LogP contribution in [0.3, 0.4) is 0 Å². The van der Waals surface area contributed by atoms with Crippen molar-refractivity contribution >= 4 is 23.2 Å². The Labute approximate surface area is 173 Å². The maximum atomic E-state index is 14.3. The van der Waals surface area contributed by atoms with Gasteiger partial charge < -0.3 is 10.6 Å². The predicted octanol–water partition coefficient (Wildman–Crippen LogP) is 3.68. The molecule has 4 N–H and O–H groups in total. The van der Waals surface area contributed by atoms with Gasteiger partial charge in [-0.05, 0) is 32.3 Å². The van der Waals surface area contributed by atoms with Crippen molar-refractivity contribution in [2.24, 2.45) is 0 Å². The van der Waals surface area contributed by atoms with Gasteiger partial charge in [-0.2, -0.15) is 5.26 Å². The molecule has 1 aromatic heterocycles. The zero-order valence-electron chi connectivity index (χ0n) is 16.5. The fourth-order valence-electron chi connectivity index (χ4n) is 4.01. The molecule has 30 heavy (non-hydrogen) atoms. The number of nitrogens with zero attached hydrogens (tertiary/aromatic N) is 3. The number of carbonyl (C=O) groups is 1. The summed E-state index contributed by atoms with van der Waals surface area (Å²) in [5.41, 5.74) is 1.71. The molecule has 0 saturated heterocycles. The van der Waals surface area contributed by atoms with Gasteiger partial charge in [-0.1, -0.05) is 18.2 Å². The average molecular weight is 407 g/mol. The molecule has 0 bridgehead atoms. The number of alkyl halides is 1. The molecule has 1 saturated carbocycles. The van der Waals surface area contributed by atoms with E-state index in [0.717, 1.165) is 24.9 Å². The van der Waals surface area contributed by atoms with Crippen LogP contribution < -0.4 is 16.0 Å². The Kier molecular flexibility index (Phi) is 5.08. The topological polar surface area (TPSA) is 127 Å². The Balaban J connectivity index is 1.75. The zero-order valence-corrected chi connectivity index (χ0v) is 16.5. The molecule has 0 radical (unpaired) electrons. The highest BCUT2D eigenvalue weighted by Gasteiger charge is 2.38. The number of rotatable bonds is 6. The van der Waals surface area contributed by atoms with E-state index < -0.39 is 18.2 Å². The Morgan fingerprint density at radius 2 is 2.20 bits per heavy atom. The van der Waals surface area contributed by atoms with Gasteiger partial charge >= 0.3 is 6.03 Å². The number of hydrogen-bond donors (Lipinski definition) is 4. The fraction of sp³-hybridized carbons (Fsp3) is 0.381. The van der Waals surface area contributed by atoms with E-state index in [9.17, 15) is 14.4 Å². The highest BCUT2D eigenvalue weighted by molar-refractivity contribution is 6.14. The van der Waals surface area contributed by atoms with Crippen molar-refractivity contribution in [3.63, 3.8) is 0 Å². The van der Waals surface area contributed by atoms with E-state index in [1.54, 1.807) is 6.07 Å². The first-order valence-corrected chi connectivity index (χ1v) is 9.84. The number of nitriles is 1. The first-order chi connectivity index (χ1) is 14.4. The van der Waals surface area contributed by atoms with Gasteiger partial charge in [0.05, 0.1) is 35.5 Å². The Morgan fingerprint density at radius 1 is 1.43 bits per heavy atom. The predicted molar refractivity (Wildman–Crippen MR) is 110 cm³/mol. The Bertz CT molecular complexity index is 1040. The molecule has 2 unspecified atom stereocenters. The van der Waals surface area contributed by atoms with E-state index in [0.29, 0.717) is 17.5 Å². The third-order valence-corrected chi connectivity index (χ3v) is 5.73. The SMILES string of the molecule is CC(F)C1NC(=O)Nc2ncnc(C(=N)c3ccccc3NC3(CC#N)CCC3)c21. The van der Waals surface area contributed by atoms with Crippen LogP contribution >= 0.6 is 0 Å². The highest BCUT2D eigenvalue weighted by Crippen LogP contribution is 2.39. The number of aromatic nitrogens is 2. The molecule has 2 aromatic rings. The number of fused-ring (bicyclic) bond motifs is 1. The largest absolute Gasteiger partial charge is 0.378 e. The fourth-order valence-corrected chi connectivity index (χ4v) is 4.01. The van der Waals surface area contributed by atoms with E-state index in [-0.39, 0.29) is 22.8 Å². The summed E-state index contributed by atoms with van der Waals surface area (Å²) in [5.74, 6) is 0.202. The second-order valence-corrected chi connectivity index (χ2v) is 7.75. The van der Waals surface area contributed by atoms with Crippen molar-refractivity contribution in [2.75, 3.05) is 10.6 Å². The van der Waals surface area contributed by atoms with Gasteiger partial charge in [-0.25, -0.2) is 19.2 Å². The minimum atomic E-state index is -1.39. The minimum Gasteiger partial charge on any atom is -0.378 e. The molecule has 8 nitrogen and oxygen atoms in total. The zero-order chi connectivity index (χ0) is 21.3. The van der Waals surface area contributed by atoms with Crippen LogP contribution in [0, 0.1) is 16.7 Å². The first-order valence-electron chi connectivity index (χ1n) is 9.84. The summed E-state index contributed by atoms with van der Waals surface area (Å²) >= 11 is 0. The average Bonchev–Trinajstić information content (AvgIpc) is 2.70. The summed E-state index contributed by atoms with van der Waals surface area (Å²) in [6.45, 7) is 1.35. The smallest absolute Gasteiger partial charge is 0.321 e. The van der Waals surface area contributed by atoms with Crippen LogP contribution in [0.2, 0.25) is 0 Å². The van der Waals surface area contributed by atoms with Gasteiger partial charge in [-0.3, -0.25) is 10.7 Å². The summed E-state index contributed by atoms with van der Waals surface area (Å²) in [5, 5.41) is 26.7. The maximum absolute atomic E-state index is 14.3. The number of nitrogens with one attached hydrogen (secondary N) is 4. The minimum absolute atomic E-state index is 0.0896. The van der Waals surface area contributed by atoms with Crippen molar-refractivity contribution < 1.29 is 9.18 Å². The summed E-state index contributed by atoms with van der Waals surface area (Å²) < 4.78 is 14.3. The highest BCUT2D eigenvalue weighted by atomic mass is 19.1. The van der Waals surface area contributed by atoms with Crippen LogP contribution in [0.4, 0.5) is 20.7 Å².